The van der Waals surface area contributed by atoms with E-state index in [0.717, 1.165) is 0 Å². The molecule has 6 nitrogen and oxygen atoms in total. The number of ether oxygens (including phenoxy) is 1. The van der Waals surface area contributed by atoms with Crippen molar-refractivity contribution < 1.29 is 23.1 Å². The van der Waals surface area contributed by atoms with Gasteiger partial charge in [0.1, 0.15) is 5.75 Å². The molecule has 0 spiro atoms. The van der Waals surface area contributed by atoms with Gasteiger partial charge in [-0.05, 0) is 19.1 Å². The summed E-state index contributed by atoms with van der Waals surface area (Å²) in [5.74, 6) is -0.0187. The van der Waals surface area contributed by atoms with E-state index in [1.807, 2.05) is 6.07 Å². The molecule has 0 saturated carbocycles. The van der Waals surface area contributed by atoms with Crippen LogP contribution in [-0.4, -0.2) is 25.0 Å². The summed E-state index contributed by atoms with van der Waals surface area (Å²) in [5.41, 5.74) is 5.43. The molecule has 0 heterocycles. The van der Waals surface area contributed by atoms with E-state index < -0.39 is 19.9 Å². The van der Waals surface area contributed by atoms with Gasteiger partial charge < -0.3 is 15.0 Å². The number of carbonyl (C=O) groups is 1. The second-order valence-corrected chi connectivity index (χ2v) is 6.11. The van der Waals surface area contributed by atoms with Gasteiger partial charge in [-0.25, -0.2) is 4.57 Å². The molecule has 0 bridgehead atoms. The van der Waals surface area contributed by atoms with E-state index in [2.05, 4.69) is 0 Å². The van der Waals surface area contributed by atoms with Crippen molar-refractivity contribution in [2.45, 2.75) is 26.6 Å². The van der Waals surface area contributed by atoms with Crippen molar-refractivity contribution in [3.63, 3.8) is 0 Å². The van der Waals surface area contributed by atoms with Gasteiger partial charge in [0, 0.05) is 13.0 Å². The standard InChI is InChI=1S/C13H20NO5P/c1-3-13(15)17-11(2)18-20(16,10-9-14)19-12-7-5-4-6-8-12/h4-8,11H,3,9-10,14H2,1-2H3/t11-,20?/m0/s1. The van der Waals surface area contributed by atoms with Crippen molar-refractivity contribution in [1.29, 1.82) is 0 Å². The average Bonchev–Trinajstić information content (AvgIpc) is 2.39. The third-order valence-corrected chi connectivity index (χ3v) is 4.20. The molecule has 1 rings (SSSR count). The Labute approximate surface area is 118 Å². The maximum Gasteiger partial charge on any atom is 0.383 e. The van der Waals surface area contributed by atoms with Gasteiger partial charge in [0.2, 0.25) is 6.29 Å². The third kappa shape index (κ3) is 5.74. The van der Waals surface area contributed by atoms with Gasteiger partial charge in [-0.15, -0.1) is 0 Å². The summed E-state index contributed by atoms with van der Waals surface area (Å²) in [6.07, 6.45) is -0.701. The van der Waals surface area contributed by atoms with Crippen LogP contribution in [-0.2, 0) is 18.6 Å². The average molecular weight is 301 g/mol. The number of para-hydroxylation sites is 1. The smallest absolute Gasteiger partial charge is 0.383 e. The largest absolute Gasteiger partial charge is 0.436 e. The first-order valence-electron chi connectivity index (χ1n) is 6.40. The minimum Gasteiger partial charge on any atom is -0.436 e. The lowest BCUT2D eigenvalue weighted by molar-refractivity contribution is -0.161. The fraction of sp³-hybridized carbons (Fsp3) is 0.462. The maximum atomic E-state index is 12.5. The second-order valence-electron chi connectivity index (χ2n) is 4.04. The lowest BCUT2D eigenvalue weighted by Crippen LogP contribution is -2.20. The number of hydrogen-bond donors (Lipinski definition) is 1. The predicted octanol–water partition coefficient (Wildman–Crippen LogP) is 2.53. The molecular weight excluding hydrogens is 281 g/mol. The zero-order chi connectivity index (χ0) is 15.0. The summed E-state index contributed by atoms with van der Waals surface area (Å²) in [5, 5.41) is 0. The zero-order valence-electron chi connectivity index (χ0n) is 11.7. The quantitative estimate of drug-likeness (QED) is 0.451. The van der Waals surface area contributed by atoms with Crippen LogP contribution in [0.4, 0.5) is 0 Å². The molecule has 0 amide bonds. The highest BCUT2D eigenvalue weighted by Gasteiger charge is 2.29. The minimum atomic E-state index is -3.47. The van der Waals surface area contributed by atoms with Crippen molar-refractivity contribution in [3.8, 4) is 5.75 Å². The van der Waals surface area contributed by atoms with E-state index in [1.165, 1.54) is 6.92 Å². The Morgan fingerprint density at radius 2 is 2.00 bits per heavy atom. The molecule has 20 heavy (non-hydrogen) atoms. The number of benzene rings is 1. The van der Waals surface area contributed by atoms with E-state index >= 15 is 0 Å². The van der Waals surface area contributed by atoms with Crippen LogP contribution >= 0.6 is 7.60 Å². The number of hydrogen-bond acceptors (Lipinski definition) is 6. The fourth-order valence-corrected chi connectivity index (χ4v) is 2.93. The monoisotopic (exact) mass is 301 g/mol. The molecule has 0 aliphatic carbocycles. The first kappa shape index (κ1) is 16.7. The van der Waals surface area contributed by atoms with E-state index in [1.54, 1.807) is 31.2 Å². The topological polar surface area (TPSA) is 87.9 Å². The Morgan fingerprint density at radius 1 is 1.35 bits per heavy atom. The zero-order valence-corrected chi connectivity index (χ0v) is 12.5. The normalized spacial score (nSPS) is 15.2. The first-order chi connectivity index (χ1) is 9.49. The molecule has 0 saturated heterocycles. The van der Waals surface area contributed by atoms with Crippen LogP contribution in [0.25, 0.3) is 0 Å². The molecule has 0 radical (unpaired) electrons. The molecule has 7 heteroatoms. The summed E-state index contributed by atoms with van der Waals surface area (Å²) >= 11 is 0. The lowest BCUT2D eigenvalue weighted by Gasteiger charge is -2.22. The number of nitrogens with two attached hydrogens (primary N) is 1. The number of esters is 1. The van der Waals surface area contributed by atoms with Gasteiger partial charge in [0.15, 0.2) is 0 Å². The molecule has 1 unspecified atom stereocenters. The van der Waals surface area contributed by atoms with Crippen molar-refractivity contribution >= 4 is 13.6 Å². The summed E-state index contributed by atoms with van der Waals surface area (Å²) < 4.78 is 28.1. The van der Waals surface area contributed by atoms with Crippen LogP contribution in [0.2, 0.25) is 0 Å². The molecule has 0 aliphatic heterocycles. The molecule has 0 aromatic heterocycles. The third-order valence-electron chi connectivity index (χ3n) is 2.29. The highest BCUT2D eigenvalue weighted by Crippen LogP contribution is 2.48. The fourth-order valence-electron chi connectivity index (χ4n) is 1.44. The predicted molar refractivity (Wildman–Crippen MR) is 75.5 cm³/mol. The molecule has 0 fully saturated rings. The van der Waals surface area contributed by atoms with Crippen LogP contribution in [0.1, 0.15) is 20.3 Å². The molecule has 1 aromatic rings. The second kappa shape index (κ2) is 8.04. The molecule has 0 aliphatic rings. The summed E-state index contributed by atoms with van der Waals surface area (Å²) in [6, 6.07) is 8.64. The van der Waals surface area contributed by atoms with Crippen molar-refractivity contribution in [1.82, 2.24) is 0 Å². The maximum absolute atomic E-state index is 12.5. The van der Waals surface area contributed by atoms with Crippen LogP contribution in [0.15, 0.2) is 30.3 Å². The molecular formula is C13H20NO5P. The van der Waals surface area contributed by atoms with Gasteiger partial charge in [0.05, 0.1) is 6.16 Å². The van der Waals surface area contributed by atoms with Gasteiger partial charge in [0.25, 0.3) is 0 Å². The Bertz CT molecular complexity index is 465. The lowest BCUT2D eigenvalue weighted by atomic mass is 10.3. The van der Waals surface area contributed by atoms with Gasteiger partial charge in [-0.3, -0.25) is 9.32 Å². The molecule has 2 N–H and O–H groups in total. The number of rotatable bonds is 8. The summed E-state index contributed by atoms with van der Waals surface area (Å²) in [4.78, 5) is 11.2. The van der Waals surface area contributed by atoms with Crippen molar-refractivity contribution in [2.75, 3.05) is 12.7 Å². The van der Waals surface area contributed by atoms with Crippen molar-refractivity contribution in [3.05, 3.63) is 30.3 Å². The van der Waals surface area contributed by atoms with Crippen LogP contribution < -0.4 is 10.3 Å². The molecule has 2 atom stereocenters. The van der Waals surface area contributed by atoms with Gasteiger partial charge in [-0.1, -0.05) is 25.1 Å². The number of carbonyl (C=O) groups excluding carboxylic acids is 1. The van der Waals surface area contributed by atoms with Crippen LogP contribution in [0.5, 0.6) is 5.75 Å². The van der Waals surface area contributed by atoms with Gasteiger partial charge in [-0.2, -0.15) is 0 Å². The Morgan fingerprint density at radius 3 is 2.55 bits per heavy atom. The highest BCUT2D eigenvalue weighted by atomic mass is 31.2. The first-order valence-corrected chi connectivity index (χ1v) is 8.13. The minimum absolute atomic E-state index is 0.0376. The van der Waals surface area contributed by atoms with Crippen LogP contribution in [0, 0.1) is 0 Å². The molecule has 112 valence electrons. The van der Waals surface area contributed by atoms with E-state index in [-0.39, 0.29) is 19.1 Å². The van der Waals surface area contributed by atoms with Crippen molar-refractivity contribution in [2.24, 2.45) is 5.73 Å². The highest BCUT2D eigenvalue weighted by molar-refractivity contribution is 7.54. The summed E-state index contributed by atoms with van der Waals surface area (Å²) in [7, 11) is -3.47. The Hall–Kier alpha value is -1.36. The van der Waals surface area contributed by atoms with E-state index in [9.17, 15) is 9.36 Å². The Balaban J connectivity index is 2.71. The SMILES string of the molecule is CCC(=O)O[C@H](C)OP(=O)(CCN)Oc1ccccc1. The van der Waals surface area contributed by atoms with E-state index in [4.69, 9.17) is 19.5 Å². The van der Waals surface area contributed by atoms with Crippen LogP contribution in [0.3, 0.4) is 0 Å². The molecule has 1 aromatic carbocycles. The van der Waals surface area contributed by atoms with E-state index in [0.29, 0.717) is 5.75 Å². The Kier molecular flexibility index (Phi) is 6.71. The summed E-state index contributed by atoms with van der Waals surface area (Å²) in [6.45, 7) is 3.29. The van der Waals surface area contributed by atoms with Gasteiger partial charge >= 0.3 is 13.6 Å².